The van der Waals surface area contributed by atoms with Crippen LogP contribution >= 0.6 is 24.4 Å². The first-order valence-electron chi connectivity index (χ1n) is 11.8. The molecule has 2 aliphatic rings. The van der Waals surface area contributed by atoms with Crippen LogP contribution in [0.3, 0.4) is 0 Å². The molecule has 0 radical (unpaired) electrons. The lowest BCUT2D eigenvalue weighted by atomic mass is 9.79. The summed E-state index contributed by atoms with van der Waals surface area (Å²) in [7, 11) is 0. The van der Waals surface area contributed by atoms with Gasteiger partial charge in [0.05, 0.1) is 21.0 Å². The molecule has 0 aromatic heterocycles. The maximum absolute atomic E-state index is 14.2. The van der Waals surface area contributed by atoms with Crippen molar-refractivity contribution in [3.05, 3.63) is 68.8 Å². The van der Waals surface area contributed by atoms with Crippen LogP contribution in [0.5, 0.6) is 0 Å². The molecule has 2 heterocycles. The fourth-order valence-electron chi connectivity index (χ4n) is 4.60. The zero-order chi connectivity index (χ0) is 31.8. The number of hydrogen-bond donors (Lipinski definition) is 3. The van der Waals surface area contributed by atoms with Crippen LogP contribution in [-0.2, 0) is 11.1 Å². The highest BCUT2D eigenvalue weighted by molar-refractivity contribution is 7.80. The maximum Gasteiger partial charge on any atom is 0.277 e. The van der Waals surface area contributed by atoms with Gasteiger partial charge in [0.2, 0.25) is 0 Å². The molecule has 0 spiro atoms. The normalized spacial score (nSPS) is 24.6. The van der Waals surface area contributed by atoms with Crippen LogP contribution in [0.25, 0.3) is 0 Å². The van der Waals surface area contributed by atoms with Crippen LogP contribution in [0, 0.1) is 33.4 Å². The highest BCUT2D eigenvalue weighted by atomic mass is 32.1. The number of benzene rings is 2. The van der Waals surface area contributed by atoms with Crippen molar-refractivity contribution in [3.8, 4) is 0 Å². The Balaban J connectivity index is 0.000000231. The molecule has 2 aliphatic heterocycles. The summed E-state index contributed by atoms with van der Waals surface area (Å²) in [5.41, 5.74) is -3.62. The van der Waals surface area contributed by atoms with E-state index in [-0.39, 0.29) is 34.6 Å². The highest BCUT2D eigenvalue weighted by Gasteiger charge is 2.60. The fraction of sp³-hybridized carbons (Fsp3) is 0.417. The van der Waals surface area contributed by atoms with Gasteiger partial charge in [-0.1, -0.05) is 24.4 Å². The molecule has 0 unspecified atom stereocenters. The van der Waals surface area contributed by atoms with Gasteiger partial charge < -0.3 is 16.4 Å². The van der Waals surface area contributed by atoms with Crippen molar-refractivity contribution in [1.29, 1.82) is 0 Å². The van der Waals surface area contributed by atoms with Crippen LogP contribution < -0.4 is 16.4 Å². The lowest BCUT2D eigenvalue weighted by molar-refractivity contribution is -0.385. The van der Waals surface area contributed by atoms with Crippen molar-refractivity contribution >= 4 is 45.8 Å². The number of piperidine rings is 2. The van der Waals surface area contributed by atoms with Crippen LogP contribution in [-0.4, -0.2) is 40.1 Å². The van der Waals surface area contributed by atoms with Gasteiger partial charge in [-0.2, -0.15) is 0 Å². The van der Waals surface area contributed by atoms with Crippen LogP contribution in [0.4, 0.5) is 55.3 Å². The van der Waals surface area contributed by atoms with Crippen molar-refractivity contribution in [3.63, 3.8) is 0 Å². The van der Waals surface area contributed by atoms with Crippen molar-refractivity contribution in [2.24, 2.45) is 0 Å². The fourth-order valence-corrected chi connectivity index (χ4v) is 5.15. The molecule has 0 saturated carbocycles. The molecule has 0 amide bonds. The van der Waals surface area contributed by atoms with Crippen molar-refractivity contribution in [2.45, 2.75) is 48.6 Å². The second kappa shape index (κ2) is 11.8. The number of thiocarbonyl (C=S) groups is 2. The molecule has 2 atom stereocenters. The first-order chi connectivity index (χ1) is 19.4. The molecule has 6 nitrogen and oxygen atoms in total. The smallest absolute Gasteiger partial charge is 0.277 e. The number of nitrogen functional groups attached to an aromatic ring is 1. The first kappa shape index (κ1) is 33.2. The van der Waals surface area contributed by atoms with Crippen molar-refractivity contribution in [2.75, 3.05) is 19.1 Å². The Bertz CT molecular complexity index is 1430. The number of halogens is 10. The molecule has 2 aromatic rings. The molecule has 4 rings (SSSR count). The van der Waals surface area contributed by atoms with E-state index in [2.05, 4.69) is 5.32 Å². The summed E-state index contributed by atoms with van der Waals surface area (Å²) >= 11 is 9.50. The minimum absolute atomic E-state index is 0.0317. The number of nitrogens with two attached hydrogens (primary N) is 1. The molecule has 2 aromatic carbocycles. The summed E-state index contributed by atoms with van der Waals surface area (Å²) < 4.78 is 138. The summed E-state index contributed by atoms with van der Waals surface area (Å²) in [5, 5.41) is 14.8. The van der Waals surface area contributed by atoms with Gasteiger partial charge in [0.15, 0.2) is 34.3 Å². The Labute approximate surface area is 241 Å². The maximum atomic E-state index is 14.2. The predicted molar refractivity (Wildman–Crippen MR) is 139 cm³/mol. The molecular formula is C24H20F10N4O2S2. The van der Waals surface area contributed by atoms with Crippen molar-refractivity contribution in [1.82, 2.24) is 10.6 Å². The third-order valence-corrected chi connectivity index (χ3v) is 7.49. The Morgan fingerprint density at radius 2 is 1.19 bits per heavy atom. The van der Waals surface area contributed by atoms with Crippen molar-refractivity contribution < 1.29 is 48.8 Å². The van der Waals surface area contributed by atoms with E-state index < -0.39 is 94.1 Å². The summed E-state index contributed by atoms with van der Waals surface area (Å²) in [6, 6.07) is 2.08. The standard InChI is InChI=1S/C12H9F5N2O2S.C12H11F5N2S/c13-5-11(12(16,17)2-1-9(22)18-11)7-3-6(19(20)21)4-8(14)10(7)15;13-5-11(12(16,17)2-1-9(20)19-11)7-3-6(18)4-8(14)10(7)15/h3-4H,1-2,5H2,(H,18,22);3-4H,1-2,5,18H2,(H,19,20)/t2*11-/m11/s1. The predicted octanol–water partition coefficient (Wildman–Crippen LogP) is 6.44. The minimum atomic E-state index is -3.81. The third-order valence-electron chi connectivity index (χ3n) is 6.88. The largest absolute Gasteiger partial charge is 0.399 e. The zero-order valence-electron chi connectivity index (χ0n) is 21.0. The van der Waals surface area contributed by atoms with Gasteiger partial charge >= 0.3 is 0 Å². The Hall–Kier alpha value is -3.28. The SMILES string of the molecule is Nc1cc(F)c(F)c([C@@]2(CF)NC(=S)CCC2(F)F)c1.O=[N+]([O-])c1cc(F)c(F)c([C@@]2(CF)NC(=S)CCC2(F)F)c1. The van der Waals surface area contributed by atoms with Crippen LogP contribution in [0.2, 0.25) is 0 Å². The van der Waals surface area contributed by atoms with E-state index in [9.17, 15) is 54.0 Å². The summed E-state index contributed by atoms with van der Waals surface area (Å²) in [4.78, 5) is 9.43. The van der Waals surface area contributed by atoms with E-state index in [1.807, 2.05) is 5.32 Å². The van der Waals surface area contributed by atoms with Gasteiger partial charge in [-0.15, -0.1) is 0 Å². The molecule has 42 heavy (non-hydrogen) atoms. The topological polar surface area (TPSA) is 93.2 Å². The molecule has 230 valence electrons. The molecule has 2 saturated heterocycles. The third kappa shape index (κ3) is 5.69. The number of nitrogens with one attached hydrogen (secondary N) is 2. The van der Waals surface area contributed by atoms with E-state index >= 15 is 0 Å². The minimum Gasteiger partial charge on any atom is -0.399 e. The van der Waals surface area contributed by atoms with Gasteiger partial charge in [-0.3, -0.25) is 10.1 Å². The average Bonchev–Trinajstić information content (AvgIpc) is 2.91. The number of anilines is 1. The quantitative estimate of drug-likeness (QED) is 0.113. The number of nitro benzene ring substituents is 1. The zero-order valence-corrected chi connectivity index (χ0v) is 22.6. The lowest BCUT2D eigenvalue weighted by Gasteiger charge is -2.43. The molecule has 0 aliphatic carbocycles. The highest BCUT2D eigenvalue weighted by Crippen LogP contribution is 2.47. The Morgan fingerprint density at radius 1 is 0.786 bits per heavy atom. The monoisotopic (exact) mass is 650 g/mol. The van der Waals surface area contributed by atoms with Gasteiger partial charge in [0, 0.05) is 48.6 Å². The number of rotatable bonds is 5. The lowest BCUT2D eigenvalue weighted by Crippen LogP contribution is -2.62. The van der Waals surface area contributed by atoms with E-state index in [1.165, 1.54) is 0 Å². The number of nitro groups is 1. The number of non-ortho nitro benzene ring substituents is 1. The second-order valence-corrected chi connectivity index (χ2v) is 10.5. The molecule has 18 heteroatoms. The van der Waals surface area contributed by atoms with Gasteiger partial charge in [-0.05, 0) is 12.1 Å². The molecule has 2 fully saturated rings. The summed E-state index contributed by atoms with van der Waals surface area (Å²) in [6.45, 7) is -3.47. The number of nitrogens with zero attached hydrogens (tertiary/aromatic N) is 1. The van der Waals surface area contributed by atoms with E-state index in [0.717, 1.165) is 6.07 Å². The number of hydrogen-bond acceptors (Lipinski definition) is 5. The molecule has 0 bridgehead atoms. The first-order valence-corrected chi connectivity index (χ1v) is 12.6. The van der Waals surface area contributed by atoms with Crippen LogP contribution in [0.15, 0.2) is 24.3 Å². The molecule has 4 N–H and O–H groups in total. The van der Waals surface area contributed by atoms with Gasteiger partial charge in [0.25, 0.3) is 17.5 Å². The van der Waals surface area contributed by atoms with E-state index in [4.69, 9.17) is 30.2 Å². The van der Waals surface area contributed by atoms with Gasteiger partial charge in [0.1, 0.15) is 13.3 Å². The summed E-state index contributed by atoms with van der Waals surface area (Å²) in [5.74, 6) is -13.9. The summed E-state index contributed by atoms with van der Waals surface area (Å²) in [6.07, 6.45) is -2.05. The second-order valence-electron chi connectivity index (χ2n) is 9.49. The van der Waals surface area contributed by atoms with Gasteiger partial charge in [-0.25, -0.2) is 43.9 Å². The average molecular weight is 651 g/mol. The van der Waals surface area contributed by atoms with Crippen LogP contribution in [0.1, 0.15) is 36.8 Å². The Morgan fingerprint density at radius 3 is 1.60 bits per heavy atom. The number of alkyl halides is 6. The molecular weight excluding hydrogens is 630 g/mol. The van der Waals surface area contributed by atoms with E-state index in [1.54, 1.807) is 0 Å². The Kier molecular flexibility index (Phi) is 9.32. The van der Waals surface area contributed by atoms with E-state index in [0.29, 0.717) is 12.1 Å².